The molecule has 0 aliphatic rings. The van der Waals surface area contributed by atoms with Crippen molar-refractivity contribution in [3.63, 3.8) is 0 Å². The van der Waals surface area contributed by atoms with Gasteiger partial charge < -0.3 is 4.74 Å². The summed E-state index contributed by atoms with van der Waals surface area (Å²) in [6.07, 6.45) is 2.29. The standard InChI is InChI=1S/C28H42O2Si/c1-10-14-25(29)30-26-23(27(2,3)4)19-21(20-24(26)28(5,6)7)17-18-31(8,9)22-15-12-11-13-16-22/h11-13,15-16,19-20H,10,14,17-18H2,1-9H3. The van der Waals surface area contributed by atoms with E-state index in [2.05, 4.69) is 97.1 Å². The van der Waals surface area contributed by atoms with Crippen LogP contribution >= 0.6 is 0 Å². The first-order valence-electron chi connectivity index (χ1n) is 11.7. The number of esters is 1. The second kappa shape index (κ2) is 9.73. The molecule has 0 heterocycles. The topological polar surface area (TPSA) is 26.3 Å². The molecule has 0 saturated carbocycles. The fourth-order valence-electron chi connectivity index (χ4n) is 3.92. The molecule has 3 heteroatoms. The van der Waals surface area contributed by atoms with Crippen LogP contribution in [-0.4, -0.2) is 14.0 Å². The summed E-state index contributed by atoms with van der Waals surface area (Å²) in [4.78, 5) is 12.5. The van der Waals surface area contributed by atoms with E-state index in [1.807, 2.05) is 6.92 Å². The van der Waals surface area contributed by atoms with Crippen LogP contribution < -0.4 is 9.92 Å². The SMILES string of the molecule is CCCC(=O)Oc1c(C(C)(C)C)cc(CC[Si](C)(C)c2ccccc2)cc1C(C)(C)C. The van der Waals surface area contributed by atoms with Crippen LogP contribution in [-0.2, 0) is 22.0 Å². The highest BCUT2D eigenvalue weighted by molar-refractivity contribution is 6.89. The van der Waals surface area contributed by atoms with Crippen LogP contribution in [0.1, 0.15) is 78.0 Å². The third-order valence-corrected chi connectivity index (χ3v) is 9.42. The molecule has 0 saturated heterocycles. The van der Waals surface area contributed by atoms with Gasteiger partial charge in [0.15, 0.2) is 0 Å². The summed E-state index contributed by atoms with van der Waals surface area (Å²) in [6.45, 7) is 20.2. The molecule has 2 nitrogen and oxygen atoms in total. The summed E-state index contributed by atoms with van der Waals surface area (Å²) >= 11 is 0. The van der Waals surface area contributed by atoms with E-state index in [9.17, 15) is 4.79 Å². The fraction of sp³-hybridized carbons (Fsp3) is 0.536. The summed E-state index contributed by atoms with van der Waals surface area (Å²) in [5.74, 6) is 0.644. The third kappa shape index (κ3) is 6.80. The van der Waals surface area contributed by atoms with Crippen molar-refractivity contribution in [2.45, 2.75) is 97.7 Å². The highest BCUT2D eigenvalue weighted by Crippen LogP contribution is 2.41. The van der Waals surface area contributed by atoms with E-state index in [1.165, 1.54) is 16.8 Å². The summed E-state index contributed by atoms with van der Waals surface area (Å²) in [5.41, 5.74) is 3.41. The van der Waals surface area contributed by atoms with Crippen molar-refractivity contribution in [1.82, 2.24) is 0 Å². The molecule has 0 amide bonds. The molecule has 0 radical (unpaired) electrons. The Morgan fingerprint density at radius 2 is 1.42 bits per heavy atom. The summed E-state index contributed by atoms with van der Waals surface area (Å²) in [6, 6.07) is 16.7. The number of aryl methyl sites for hydroxylation is 1. The predicted molar refractivity (Wildman–Crippen MR) is 136 cm³/mol. The number of rotatable bonds is 7. The Bertz CT molecular complexity index is 848. The maximum atomic E-state index is 12.5. The Kier molecular flexibility index (Phi) is 7.97. The monoisotopic (exact) mass is 438 g/mol. The maximum Gasteiger partial charge on any atom is 0.311 e. The molecule has 0 N–H and O–H groups in total. The number of hydrogen-bond acceptors (Lipinski definition) is 2. The van der Waals surface area contributed by atoms with Gasteiger partial charge in [0.2, 0.25) is 0 Å². The molecule has 0 atom stereocenters. The quantitative estimate of drug-likeness (QED) is 0.261. The molecule has 0 bridgehead atoms. The van der Waals surface area contributed by atoms with Gasteiger partial charge in [-0.05, 0) is 35.3 Å². The Balaban J connectivity index is 2.48. The predicted octanol–water partition coefficient (Wildman–Crippen LogP) is 7.15. The van der Waals surface area contributed by atoms with Gasteiger partial charge >= 0.3 is 5.97 Å². The minimum atomic E-state index is -1.52. The van der Waals surface area contributed by atoms with E-state index in [0.717, 1.165) is 29.7 Å². The lowest BCUT2D eigenvalue weighted by Gasteiger charge is -2.31. The first-order chi connectivity index (χ1) is 14.3. The second-order valence-corrected chi connectivity index (χ2v) is 16.3. The Morgan fingerprint density at radius 1 is 0.903 bits per heavy atom. The molecule has 0 aromatic heterocycles. The van der Waals surface area contributed by atoms with Gasteiger partial charge in [0, 0.05) is 17.5 Å². The van der Waals surface area contributed by atoms with Crippen molar-refractivity contribution in [1.29, 1.82) is 0 Å². The number of benzene rings is 2. The van der Waals surface area contributed by atoms with E-state index in [-0.39, 0.29) is 16.8 Å². The lowest BCUT2D eigenvalue weighted by atomic mass is 9.78. The minimum absolute atomic E-state index is 0.107. The van der Waals surface area contributed by atoms with E-state index >= 15 is 0 Å². The number of carbonyl (C=O) groups excluding carboxylic acids is 1. The van der Waals surface area contributed by atoms with Crippen molar-refractivity contribution in [2.24, 2.45) is 0 Å². The van der Waals surface area contributed by atoms with E-state index in [0.29, 0.717) is 6.42 Å². The smallest absolute Gasteiger partial charge is 0.311 e. The molecule has 0 fully saturated rings. The molecule has 170 valence electrons. The zero-order chi connectivity index (χ0) is 23.4. The number of carbonyl (C=O) groups is 1. The Hall–Kier alpha value is -1.87. The van der Waals surface area contributed by atoms with Crippen LogP contribution in [0.2, 0.25) is 19.1 Å². The Morgan fingerprint density at radius 3 is 1.87 bits per heavy atom. The largest absolute Gasteiger partial charge is 0.426 e. The van der Waals surface area contributed by atoms with Crippen molar-refractivity contribution in [3.8, 4) is 5.75 Å². The van der Waals surface area contributed by atoms with Gasteiger partial charge in [0.25, 0.3) is 0 Å². The van der Waals surface area contributed by atoms with Crippen LogP contribution in [0, 0.1) is 0 Å². The molecule has 0 aliphatic heterocycles. The zero-order valence-electron chi connectivity index (χ0n) is 21.2. The highest BCUT2D eigenvalue weighted by Gasteiger charge is 2.30. The first-order valence-corrected chi connectivity index (χ1v) is 14.9. The minimum Gasteiger partial charge on any atom is -0.426 e. The van der Waals surface area contributed by atoms with Crippen LogP contribution in [0.3, 0.4) is 0 Å². The molecule has 0 aliphatic carbocycles. The molecular formula is C28H42O2Si. The van der Waals surface area contributed by atoms with Crippen LogP contribution in [0.25, 0.3) is 0 Å². The average Bonchev–Trinajstić information content (AvgIpc) is 2.66. The molecule has 2 aromatic rings. The second-order valence-electron chi connectivity index (χ2n) is 11.5. The highest BCUT2D eigenvalue weighted by atomic mass is 28.3. The zero-order valence-corrected chi connectivity index (χ0v) is 22.2. The van der Waals surface area contributed by atoms with Gasteiger partial charge in [-0.2, -0.15) is 0 Å². The van der Waals surface area contributed by atoms with Gasteiger partial charge in [0.1, 0.15) is 5.75 Å². The molecule has 2 aromatic carbocycles. The van der Waals surface area contributed by atoms with Crippen molar-refractivity contribution >= 4 is 19.2 Å². The Labute approximate surface area is 191 Å². The van der Waals surface area contributed by atoms with Gasteiger partial charge in [-0.15, -0.1) is 0 Å². The van der Waals surface area contributed by atoms with Gasteiger partial charge in [-0.1, -0.05) is 109 Å². The van der Waals surface area contributed by atoms with E-state index in [1.54, 1.807) is 0 Å². The third-order valence-electron chi connectivity index (χ3n) is 6.03. The maximum absolute atomic E-state index is 12.5. The van der Waals surface area contributed by atoms with E-state index in [4.69, 9.17) is 4.74 Å². The van der Waals surface area contributed by atoms with Crippen LogP contribution in [0.5, 0.6) is 5.75 Å². The molecular weight excluding hydrogens is 396 g/mol. The first kappa shape index (κ1) is 25.4. The van der Waals surface area contributed by atoms with E-state index < -0.39 is 8.07 Å². The van der Waals surface area contributed by atoms with Crippen LogP contribution in [0.15, 0.2) is 42.5 Å². The number of hydrogen-bond donors (Lipinski definition) is 0. The number of ether oxygens (including phenoxy) is 1. The van der Waals surface area contributed by atoms with Gasteiger partial charge in [-0.3, -0.25) is 4.79 Å². The van der Waals surface area contributed by atoms with Crippen molar-refractivity contribution < 1.29 is 9.53 Å². The molecule has 0 spiro atoms. The fourth-order valence-corrected chi connectivity index (χ4v) is 6.21. The lowest BCUT2D eigenvalue weighted by molar-refractivity contribution is -0.134. The normalized spacial score (nSPS) is 12.7. The van der Waals surface area contributed by atoms with Crippen LogP contribution in [0.4, 0.5) is 0 Å². The average molecular weight is 439 g/mol. The van der Waals surface area contributed by atoms with Gasteiger partial charge in [0.05, 0.1) is 8.07 Å². The lowest BCUT2D eigenvalue weighted by Crippen LogP contribution is -2.41. The van der Waals surface area contributed by atoms with Gasteiger partial charge in [-0.25, -0.2) is 0 Å². The summed E-state index contributed by atoms with van der Waals surface area (Å²) in [5, 5.41) is 1.51. The van der Waals surface area contributed by atoms with Crippen molar-refractivity contribution in [2.75, 3.05) is 0 Å². The summed E-state index contributed by atoms with van der Waals surface area (Å²) in [7, 11) is -1.52. The van der Waals surface area contributed by atoms with Crippen molar-refractivity contribution in [3.05, 3.63) is 59.2 Å². The molecule has 31 heavy (non-hydrogen) atoms. The molecule has 0 unspecified atom stereocenters. The molecule has 2 rings (SSSR count). The summed E-state index contributed by atoms with van der Waals surface area (Å²) < 4.78 is 6.01.